The molecule has 0 atom stereocenters. The molecular formula is C11H21N3O2S. The number of aromatic nitrogens is 1. The molecule has 1 heterocycles. The monoisotopic (exact) mass is 259 g/mol. The first-order chi connectivity index (χ1) is 8.22. The topological polar surface area (TPSA) is 60.6 Å². The summed E-state index contributed by atoms with van der Waals surface area (Å²) in [5, 5.41) is 0.997. The van der Waals surface area contributed by atoms with E-state index in [0.29, 0.717) is 19.8 Å². The molecule has 0 aliphatic heterocycles. The number of methoxy groups -OCH3 is 2. The maximum Gasteiger partial charge on any atom is 0.185 e. The Morgan fingerprint density at radius 1 is 1.24 bits per heavy atom. The minimum absolute atomic E-state index is 0.548. The Kier molecular flexibility index (Phi) is 6.43. The van der Waals surface area contributed by atoms with Crippen LogP contribution in [-0.4, -0.2) is 45.5 Å². The molecule has 2 N–H and O–H groups in total. The zero-order valence-corrected chi connectivity index (χ0v) is 11.5. The second-order valence-electron chi connectivity index (χ2n) is 3.68. The van der Waals surface area contributed by atoms with Gasteiger partial charge in [-0.1, -0.05) is 0 Å². The van der Waals surface area contributed by atoms with Crippen LogP contribution in [0.4, 0.5) is 5.13 Å². The van der Waals surface area contributed by atoms with Gasteiger partial charge < -0.3 is 20.1 Å². The Bertz CT molecular complexity index is 323. The van der Waals surface area contributed by atoms with Crippen LogP contribution < -0.4 is 10.6 Å². The molecule has 0 aliphatic rings. The molecule has 0 radical (unpaired) electrons. The summed E-state index contributed by atoms with van der Waals surface area (Å²) in [6.45, 7) is 5.53. The molecular weight excluding hydrogens is 238 g/mol. The second-order valence-corrected chi connectivity index (χ2v) is 4.74. The summed E-state index contributed by atoms with van der Waals surface area (Å²) in [6, 6.07) is 0. The van der Waals surface area contributed by atoms with E-state index >= 15 is 0 Å². The van der Waals surface area contributed by atoms with Crippen LogP contribution >= 0.6 is 11.3 Å². The van der Waals surface area contributed by atoms with Crippen molar-refractivity contribution in [3.63, 3.8) is 0 Å². The third-order valence-corrected chi connectivity index (χ3v) is 3.71. The molecule has 0 aliphatic carbocycles. The second kappa shape index (κ2) is 7.60. The first kappa shape index (κ1) is 14.4. The van der Waals surface area contributed by atoms with Crippen molar-refractivity contribution >= 4 is 16.5 Å². The summed E-state index contributed by atoms with van der Waals surface area (Å²) in [5.41, 5.74) is 6.69. The van der Waals surface area contributed by atoms with Crippen LogP contribution in [0.25, 0.3) is 0 Å². The molecule has 0 saturated carbocycles. The fraction of sp³-hybridized carbons (Fsp3) is 0.727. The first-order valence-electron chi connectivity index (χ1n) is 5.62. The Hall–Kier alpha value is -0.690. The Morgan fingerprint density at radius 3 is 2.24 bits per heavy atom. The fourth-order valence-corrected chi connectivity index (χ4v) is 2.43. The molecule has 0 unspecified atom stereocenters. The maximum absolute atomic E-state index is 5.67. The highest BCUT2D eigenvalue weighted by Gasteiger charge is 2.13. The fourth-order valence-electron chi connectivity index (χ4n) is 1.44. The predicted octanol–water partition coefficient (Wildman–Crippen LogP) is 1.01. The SMILES string of the molecule is COCCN(CCOC)c1nc(C)c(CN)s1. The van der Waals surface area contributed by atoms with E-state index < -0.39 is 0 Å². The minimum atomic E-state index is 0.548. The molecule has 0 spiro atoms. The van der Waals surface area contributed by atoms with Gasteiger partial charge in [0, 0.05) is 38.7 Å². The van der Waals surface area contributed by atoms with Gasteiger partial charge in [0.05, 0.1) is 18.9 Å². The predicted molar refractivity (Wildman–Crippen MR) is 70.7 cm³/mol. The highest BCUT2D eigenvalue weighted by Crippen LogP contribution is 2.25. The van der Waals surface area contributed by atoms with Crippen LogP contribution in [0.15, 0.2) is 0 Å². The molecule has 0 fully saturated rings. The zero-order chi connectivity index (χ0) is 12.7. The van der Waals surface area contributed by atoms with Crippen LogP contribution in [0.1, 0.15) is 10.6 Å². The summed E-state index contributed by atoms with van der Waals surface area (Å²) in [7, 11) is 3.40. The van der Waals surface area contributed by atoms with Crippen molar-refractivity contribution in [1.82, 2.24) is 4.98 Å². The lowest BCUT2D eigenvalue weighted by atomic mass is 10.4. The van der Waals surface area contributed by atoms with E-state index in [1.165, 1.54) is 0 Å². The number of ether oxygens (including phenoxy) is 2. The van der Waals surface area contributed by atoms with Crippen molar-refractivity contribution in [3.8, 4) is 0 Å². The molecule has 6 heteroatoms. The third kappa shape index (κ3) is 4.23. The van der Waals surface area contributed by atoms with Gasteiger partial charge in [0.2, 0.25) is 0 Å². The van der Waals surface area contributed by atoms with Gasteiger partial charge in [0.1, 0.15) is 0 Å². The van der Waals surface area contributed by atoms with E-state index in [-0.39, 0.29) is 0 Å². The standard InChI is InChI=1S/C11H21N3O2S/c1-9-10(8-12)17-11(13-9)14(4-6-15-2)5-7-16-3/h4-8,12H2,1-3H3. The number of nitrogens with zero attached hydrogens (tertiary/aromatic N) is 2. The van der Waals surface area contributed by atoms with Crippen molar-refractivity contribution < 1.29 is 9.47 Å². The van der Waals surface area contributed by atoms with Gasteiger partial charge in [0.15, 0.2) is 5.13 Å². The van der Waals surface area contributed by atoms with Crippen LogP contribution in [0.5, 0.6) is 0 Å². The molecule has 98 valence electrons. The number of aryl methyl sites for hydroxylation is 1. The lowest BCUT2D eigenvalue weighted by molar-refractivity contribution is 0.190. The molecule has 1 aromatic rings. The van der Waals surface area contributed by atoms with Gasteiger partial charge >= 0.3 is 0 Å². The summed E-state index contributed by atoms with van der Waals surface area (Å²) < 4.78 is 10.2. The maximum atomic E-state index is 5.67. The van der Waals surface area contributed by atoms with E-state index in [9.17, 15) is 0 Å². The van der Waals surface area contributed by atoms with Crippen molar-refractivity contribution in [1.29, 1.82) is 0 Å². The molecule has 0 aromatic carbocycles. The molecule has 0 amide bonds. The van der Waals surface area contributed by atoms with Gasteiger partial charge in [0.25, 0.3) is 0 Å². The van der Waals surface area contributed by atoms with Crippen LogP contribution in [0, 0.1) is 6.92 Å². The number of rotatable bonds is 8. The molecule has 0 bridgehead atoms. The largest absolute Gasteiger partial charge is 0.383 e. The summed E-state index contributed by atoms with van der Waals surface area (Å²) in [4.78, 5) is 7.85. The highest BCUT2D eigenvalue weighted by atomic mass is 32.1. The molecule has 17 heavy (non-hydrogen) atoms. The highest BCUT2D eigenvalue weighted by molar-refractivity contribution is 7.15. The van der Waals surface area contributed by atoms with Gasteiger partial charge in [-0.25, -0.2) is 4.98 Å². The van der Waals surface area contributed by atoms with Crippen molar-refractivity contribution in [2.75, 3.05) is 45.4 Å². The Labute approximate surface area is 107 Å². The Morgan fingerprint density at radius 2 is 1.82 bits per heavy atom. The van der Waals surface area contributed by atoms with E-state index in [1.54, 1.807) is 25.6 Å². The molecule has 1 aromatic heterocycles. The lowest BCUT2D eigenvalue weighted by Gasteiger charge is -2.20. The first-order valence-corrected chi connectivity index (χ1v) is 6.43. The number of nitrogens with two attached hydrogens (primary N) is 1. The van der Waals surface area contributed by atoms with Crippen LogP contribution in [0.2, 0.25) is 0 Å². The van der Waals surface area contributed by atoms with Gasteiger partial charge in [-0.2, -0.15) is 0 Å². The minimum Gasteiger partial charge on any atom is -0.383 e. The van der Waals surface area contributed by atoms with Crippen LogP contribution in [0.3, 0.4) is 0 Å². The summed E-state index contributed by atoms with van der Waals surface area (Å²) >= 11 is 1.65. The molecule has 1 rings (SSSR count). The van der Waals surface area contributed by atoms with Crippen LogP contribution in [-0.2, 0) is 16.0 Å². The summed E-state index contributed by atoms with van der Waals surface area (Å²) in [5.74, 6) is 0. The Balaban J connectivity index is 2.71. The van der Waals surface area contributed by atoms with Crippen molar-refractivity contribution in [3.05, 3.63) is 10.6 Å². The van der Waals surface area contributed by atoms with E-state index in [2.05, 4.69) is 9.88 Å². The number of hydrogen-bond donors (Lipinski definition) is 1. The van der Waals surface area contributed by atoms with Crippen molar-refractivity contribution in [2.45, 2.75) is 13.5 Å². The summed E-state index contributed by atoms with van der Waals surface area (Å²) in [6.07, 6.45) is 0. The number of anilines is 1. The average Bonchev–Trinajstić information content (AvgIpc) is 2.70. The molecule has 5 nitrogen and oxygen atoms in total. The number of thiazole rings is 1. The van der Waals surface area contributed by atoms with Gasteiger partial charge in [-0.3, -0.25) is 0 Å². The quantitative estimate of drug-likeness (QED) is 0.755. The third-order valence-electron chi connectivity index (χ3n) is 2.47. The average molecular weight is 259 g/mol. The van der Waals surface area contributed by atoms with Crippen molar-refractivity contribution in [2.24, 2.45) is 5.73 Å². The number of hydrogen-bond acceptors (Lipinski definition) is 6. The van der Waals surface area contributed by atoms with E-state index in [4.69, 9.17) is 15.2 Å². The smallest absolute Gasteiger partial charge is 0.185 e. The zero-order valence-electron chi connectivity index (χ0n) is 10.7. The normalized spacial score (nSPS) is 10.8. The van der Waals surface area contributed by atoms with Gasteiger partial charge in [-0.15, -0.1) is 11.3 Å². The molecule has 0 saturated heterocycles. The van der Waals surface area contributed by atoms with E-state index in [1.807, 2.05) is 6.92 Å². The van der Waals surface area contributed by atoms with Gasteiger partial charge in [-0.05, 0) is 6.92 Å². The van der Waals surface area contributed by atoms with E-state index in [0.717, 1.165) is 28.8 Å². The lowest BCUT2D eigenvalue weighted by Crippen LogP contribution is -2.30.